The highest BCUT2D eigenvalue weighted by Gasteiger charge is 2.15. The molecule has 0 radical (unpaired) electrons. The molecule has 0 amide bonds. The zero-order chi connectivity index (χ0) is 13.1. The highest BCUT2D eigenvalue weighted by molar-refractivity contribution is 14.1. The van der Waals surface area contributed by atoms with Crippen LogP contribution in [0.4, 0.5) is 0 Å². The van der Waals surface area contributed by atoms with Crippen LogP contribution in [-0.2, 0) is 0 Å². The Kier molecular flexibility index (Phi) is 4.08. The van der Waals surface area contributed by atoms with Crippen molar-refractivity contribution in [3.8, 4) is 11.5 Å². The topological polar surface area (TPSA) is 46.5 Å². The smallest absolute Gasteiger partial charge is 0.339 e. The van der Waals surface area contributed by atoms with Crippen molar-refractivity contribution in [3.05, 3.63) is 56.6 Å². The molecule has 0 saturated carbocycles. The molecule has 0 bridgehead atoms. The minimum atomic E-state index is -1.07. The van der Waals surface area contributed by atoms with E-state index in [1.54, 1.807) is 24.3 Å². The molecule has 2 aromatic carbocycles. The Hall–Kier alpha value is -1.27. The van der Waals surface area contributed by atoms with Crippen molar-refractivity contribution < 1.29 is 14.6 Å². The van der Waals surface area contributed by atoms with Gasteiger partial charge in [-0.1, -0.05) is 23.7 Å². The second-order valence-corrected chi connectivity index (χ2v) is 5.13. The van der Waals surface area contributed by atoms with Gasteiger partial charge in [-0.2, -0.15) is 0 Å². The third-order valence-corrected chi connectivity index (χ3v) is 3.18. The lowest BCUT2D eigenvalue weighted by Gasteiger charge is -2.10. The van der Waals surface area contributed by atoms with Gasteiger partial charge in [0.15, 0.2) is 5.75 Å². The van der Waals surface area contributed by atoms with Crippen LogP contribution in [0.25, 0.3) is 0 Å². The number of para-hydroxylation sites is 1. The lowest BCUT2D eigenvalue weighted by Crippen LogP contribution is -2.00. The van der Waals surface area contributed by atoms with Crippen LogP contribution in [0, 0.1) is 3.57 Å². The molecule has 0 unspecified atom stereocenters. The summed E-state index contributed by atoms with van der Waals surface area (Å²) in [6, 6.07) is 11.9. The monoisotopic (exact) mass is 374 g/mol. The number of carboxylic acid groups (broad SMARTS) is 1. The Balaban J connectivity index is 2.42. The average molecular weight is 375 g/mol. The predicted molar refractivity (Wildman–Crippen MR) is 77.6 cm³/mol. The van der Waals surface area contributed by atoms with E-state index in [0.29, 0.717) is 5.75 Å². The van der Waals surface area contributed by atoms with Crippen LogP contribution in [0.3, 0.4) is 0 Å². The van der Waals surface area contributed by atoms with E-state index in [1.165, 1.54) is 6.07 Å². The highest BCUT2D eigenvalue weighted by Crippen LogP contribution is 2.33. The minimum Gasteiger partial charge on any atom is -0.478 e. The SMILES string of the molecule is O=C(O)c1cccc(Cl)c1Oc1cccc(I)c1. The molecule has 0 spiro atoms. The lowest BCUT2D eigenvalue weighted by atomic mass is 10.2. The van der Waals surface area contributed by atoms with Crippen LogP contribution < -0.4 is 4.74 Å². The number of carboxylic acids is 1. The molecule has 0 aliphatic carbocycles. The molecule has 3 nitrogen and oxygen atoms in total. The maximum atomic E-state index is 11.1. The third kappa shape index (κ3) is 2.94. The summed E-state index contributed by atoms with van der Waals surface area (Å²) in [5.74, 6) is -0.357. The molecule has 2 aromatic rings. The van der Waals surface area contributed by atoms with E-state index >= 15 is 0 Å². The molecule has 1 N–H and O–H groups in total. The zero-order valence-corrected chi connectivity index (χ0v) is 12.0. The fourth-order valence-corrected chi connectivity index (χ4v) is 2.16. The standard InChI is InChI=1S/C13H8ClIO3/c14-11-6-2-5-10(13(16)17)12(11)18-9-4-1-3-8(15)7-9/h1-7H,(H,16,17). The van der Waals surface area contributed by atoms with Gasteiger partial charge in [-0.15, -0.1) is 0 Å². The quantitative estimate of drug-likeness (QED) is 0.808. The first kappa shape index (κ1) is 13.2. The van der Waals surface area contributed by atoms with Crippen LogP contribution in [0.2, 0.25) is 5.02 Å². The summed E-state index contributed by atoms with van der Waals surface area (Å²) in [7, 11) is 0. The third-order valence-electron chi connectivity index (χ3n) is 2.21. The molecule has 0 fully saturated rings. The number of benzene rings is 2. The largest absolute Gasteiger partial charge is 0.478 e. The van der Waals surface area contributed by atoms with Gasteiger partial charge < -0.3 is 9.84 Å². The zero-order valence-electron chi connectivity index (χ0n) is 9.06. The van der Waals surface area contributed by atoms with Gasteiger partial charge in [0.2, 0.25) is 0 Å². The van der Waals surface area contributed by atoms with Crippen molar-refractivity contribution in [2.24, 2.45) is 0 Å². The normalized spacial score (nSPS) is 10.1. The van der Waals surface area contributed by atoms with Crippen molar-refractivity contribution in [2.45, 2.75) is 0 Å². The summed E-state index contributed by atoms with van der Waals surface area (Å²) in [4.78, 5) is 11.1. The number of aromatic carboxylic acids is 1. The molecule has 0 aliphatic heterocycles. The van der Waals surface area contributed by atoms with Gasteiger partial charge in [0, 0.05) is 3.57 Å². The van der Waals surface area contributed by atoms with E-state index < -0.39 is 5.97 Å². The number of carbonyl (C=O) groups is 1. The van der Waals surface area contributed by atoms with Gasteiger partial charge in [-0.05, 0) is 52.9 Å². The molecule has 0 aliphatic rings. The molecule has 0 saturated heterocycles. The first-order valence-corrected chi connectivity index (χ1v) is 6.49. The van der Waals surface area contributed by atoms with Crippen LogP contribution >= 0.6 is 34.2 Å². The molecular weight excluding hydrogens is 366 g/mol. The van der Waals surface area contributed by atoms with E-state index in [0.717, 1.165) is 3.57 Å². The first-order valence-electron chi connectivity index (χ1n) is 5.03. The number of rotatable bonds is 3. The number of hydrogen-bond donors (Lipinski definition) is 1. The van der Waals surface area contributed by atoms with Crippen molar-refractivity contribution >= 4 is 40.2 Å². The van der Waals surface area contributed by atoms with Crippen LogP contribution in [0.1, 0.15) is 10.4 Å². The maximum Gasteiger partial charge on any atom is 0.339 e. The van der Waals surface area contributed by atoms with Crippen LogP contribution in [-0.4, -0.2) is 11.1 Å². The Labute approximate surface area is 122 Å². The van der Waals surface area contributed by atoms with Gasteiger partial charge in [0.05, 0.1) is 5.02 Å². The molecular formula is C13H8ClIO3. The van der Waals surface area contributed by atoms with Gasteiger partial charge in [-0.3, -0.25) is 0 Å². The van der Waals surface area contributed by atoms with Gasteiger partial charge in [0.25, 0.3) is 0 Å². The summed E-state index contributed by atoms with van der Waals surface area (Å²) >= 11 is 8.12. The van der Waals surface area contributed by atoms with Crippen LogP contribution in [0.15, 0.2) is 42.5 Å². The number of hydrogen-bond acceptors (Lipinski definition) is 2. The number of ether oxygens (including phenoxy) is 1. The van der Waals surface area contributed by atoms with E-state index in [-0.39, 0.29) is 16.3 Å². The van der Waals surface area contributed by atoms with Crippen molar-refractivity contribution in [3.63, 3.8) is 0 Å². The average Bonchev–Trinajstić information content (AvgIpc) is 2.31. The Morgan fingerprint density at radius 2 is 1.94 bits per heavy atom. The van der Waals surface area contributed by atoms with Gasteiger partial charge in [-0.25, -0.2) is 4.79 Å². The molecule has 5 heteroatoms. The molecule has 0 aromatic heterocycles. The summed E-state index contributed by atoms with van der Waals surface area (Å²) < 4.78 is 6.56. The van der Waals surface area contributed by atoms with Crippen LogP contribution in [0.5, 0.6) is 11.5 Å². The van der Waals surface area contributed by atoms with Crippen molar-refractivity contribution in [2.75, 3.05) is 0 Å². The summed E-state index contributed by atoms with van der Waals surface area (Å²) in [6.45, 7) is 0. The molecule has 2 rings (SSSR count). The first-order chi connectivity index (χ1) is 8.58. The predicted octanol–water partition coefficient (Wildman–Crippen LogP) is 4.44. The van der Waals surface area contributed by atoms with E-state index in [4.69, 9.17) is 21.4 Å². The lowest BCUT2D eigenvalue weighted by molar-refractivity contribution is 0.0694. The Morgan fingerprint density at radius 3 is 2.61 bits per heavy atom. The fourth-order valence-electron chi connectivity index (χ4n) is 1.43. The second-order valence-electron chi connectivity index (χ2n) is 3.48. The second kappa shape index (κ2) is 5.58. The fraction of sp³-hybridized carbons (Fsp3) is 0. The summed E-state index contributed by atoms with van der Waals surface area (Å²) in [5.41, 5.74) is 0.0429. The van der Waals surface area contributed by atoms with Crippen molar-refractivity contribution in [1.29, 1.82) is 0 Å². The molecule has 0 atom stereocenters. The molecule has 0 heterocycles. The van der Waals surface area contributed by atoms with E-state index in [9.17, 15) is 4.79 Å². The summed E-state index contributed by atoms with van der Waals surface area (Å²) in [5, 5.41) is 9.35. The summed E-state index contributed by atoms with van der Waals surface area (Å²) in [6.07, 6.45) is 0. The number of halogens is 2. The van der Waals surface area contributed by atoms with E-state index in [2.05, 4.69) is 22.6 Å². The van der Waals surface area contributed by atoms with E-state index in [1.807, 2.05) is 12.1 Å². The van der Waals surface area contributed by atoms with Crippen molar-refractivity contribution in [1.82, 2.24) is 0 Å². The minimum absolute atomic E-state index is 0.0429. The Bertz CT molecular complexity index is 599. The van der Waals surface area contributed by atoms with Gasteiger partial charge in [0.1, 0.15) is 11.3 Å². The maximum absolute atomic E-state index is 11.1. The van der Waals surface area contributed by atoms with Gasteiger partial charge >= 0.3 is 5.97 Å². The molecule has 92 valence electrons. The molecule has 18 heavy (non-hydrogen) atoms. The Morgan fingerprint density at radius 1 is 1.22 bits per heavy atom. The highest BCUT2D eigenvalue weighted by atomic mass is 127.